The minimum atomic E-state index is -4.53. The molecule has 4 nitrogen and oxygen atoms in total. The van der Waals surface area contributed by atoms with Crippen LogP contribution in [0, 0.1) is 5.41 Å². The molecule has 1 amide bonds. The average Bonchev–Trinajstić information content (AvgIpc) is 2.43. The molecule has 0 saturated carbocycles. The molecule has 1 atom stereocenters. The molecule has 0 spiro atoms. The van der Waals surface area contributed by atoms with E-state index >= 15 is 0 Å². The van der Waals surface area contributed by atoms with Gasteiger partial charge in [0, 0.05) is 12.1 Å². The van der Waals surface area contributed by atoms with Gasteiger partial charge in [0.25, 0.3) is 5.91 Å². The molecule has 1 rings (SSSR count). The van der Waals surface area contributed by atoms with Crippen LogP contribution >= 0.6 is 0 Å². The van der Waals surface area contributed by atoms with Crippen LogP contribution in [-0.2, 0) is 11.0 Å². The van der Waals surface area contributed by atoms with Crippen molar-refractivity contribution in [3.8, 4) is 0 Å². The standard InChI is InChI=1S/C14H16F3NO3/c1-3-13(2,12(20)21)8-18-11(19)9-5-4-6-10(7-9)14(15,16)17/h4-7H,3,8H2,1-2H3,(H,18,19)(H,20,21). The summed E-state index contributed by atoms with van der Waals surface area (Å²) in [6, 6.07) is 3.98. The number of amides is 1. The first-order valence-corrected chi connectivity index (χ1v) is 6.29. The van der Waals surface area contributed by atoms with E-state index in [4.69, 9.17) is 5.11 Å². The number of carboxylic acids is 1. The van der Waals surface area contributed by atoms with Gasteiger partial charge in [0.2, 0.25) is 0 Å². The third-order valence-corrected chi connectivity index (χ3v) is 3.39. The van der Waals surface area contributed by atoms with Crippen molar-refractivity contribution >= 4 is 11.9 Å². The van der Waals surface area contributed by atoms with Crippen LogP contribution in [-0.4, -0.2) is 23.5 Å². The number of halogens is 3. The Hall–Kier alpha value is -2.05. The average molecular weight is 303 g/mol. The van der Waals surface area contributed by atoms with Crippen LogP contribution < -0.4 is 5.32 Å². The molecule has 0 aliphatic heterocycles. The molecular formula is C14H16F3NO3. The number of carbonyl (C=O) groups excluding carboxylic acids is 1. The van der Waals surface area contributed by atoms with Crippen molar-refractivity contribution < 1.29 is 27.9 Å². The third-order valence-electron chi connectivity index (χ3n) is 3.39. The number of aliphatic carboxylic acids is 1. The van der Waals surface area contributed by atoms with Gasteiger partial charge >= 0.3 is 12.1 Å². The number of hydrogen-bond acceptors (Lipinski definition) is 2. The largest absolute Gasteiger partial charge is 0.481 e. The smallest absolute Gasteiger partial charge is 0.416 e. The molecule has 7 heteroatoms. The molecule has 0 fully saturated rings. The zero-order valence-electron chi connectivity index (χ0n) is 11.6. The third kappa shape index (κ3) is 4.21. The van der Waals surface area contributed by atoms with Crippen molar-refractivity contribution in [3.05, 3.63) is 35.4 Å². The van der Waals surface area contributed by atoms with Crippen molar-refractivity contribution in [2.75, 3.05) is 6.54 Å². The van der Waals surface area contributed by atoms with Crippen molar-refractivity contribution in [1.29, 1.82) is 0 Å². The molecule has 1 unspecified atom stereocenters. The fourth-order valence-electron chi connectivity index (χ4n) is 1.57. The Kier molecular flexibility index (Phi) is 4.98. The summed E-state index contributed by atoms with van der Waals surface area (Å²) in [5.74, 6) is -1.81. The Labute approximate surface area is 120 Å². The van der Waals surface area contributed by atoms with E-state index in [1.54, 1.807) is 6.92 Å². The lowest BCUT2D eigenvalue weighted by molar-refractivity contribution is -0.147. The molecule has 1 aromatic rings. The van der Waals surface area contributed by atoms with Gasteiger partial charge < -0.3 is 10.4 Å². The van der Waals surface area contributed by atoms with Crippen molar-refractivity contribution in [3.63, 3.8) is 0 Å². The van der Waals surface area contributed by atoms with Crippen molar-refractivity contribution in [2.24, 2.45) is 5.41 Å². The zero-order valence-corrected chi connectivity index (χ0v) is 11.6. The number of hydrogen-bond donors (Lipinski definition) is 2. The van der Waals surface area contributed by atoms with E-state index in [2.05, 4.69) is 5.32 Å². The molecule has 21 heavy (non-hydrogen) atoms. The van der Waals surface area contributed by atoms with Gasteiger partial charge in [0.1, 0.15) is 0 Å². The highest BCUT2D eigenvalue weighted by atomic mass is 19.4. The molecule has 0 heterocycles. The molecule has 0 aliphatic carbocycles. The summed E-state index contributed by atoms with van der Waals surface area (Å²) in [5.41, 5.74) is -2.24. The summed E-state index contributed by atoms with van der Waals surface area (Å²) >= 11 is 0. The SMILES string of the molecule is CCC(C)(CNC(=O)c1cccc(C(F)(F)F)c1)C(=O)O. The summed E-state index contributed by atoms with van der Waals surface area (Å²) in [5, 5.41) is 11.4. The number of carbonyl (C=O) groups is 2. The van der Waals surface area contributed by atoms with E-state index in [9.17, 15) is 22.8 Å². The van der Waals surface area contributed by atoms with Crippen LogP contribution in [0.25, 0.3) is 0 Å². The number of carboxylic acid groups (broad SMARTS) is 1. The van der Waals surface area contributed by atoms with Crippen LogP contribution in [0.3, 0.4) is 0 Å². The maximum Gasteiger partial charge on any atom is 0.416 e. The second-order valence-electron chi connectivity index (χ2n) is 4.98. The van der Waals surface area contributed by atoms with E-state index < -0.39 is 29.0 Å². The second kappa shape index (κ2) is 6.15. The van der Waals surface area contributed by atoms with Gasteiger partial charge in [-0.1, -0.05) is 13.0 Å². The van der Waals surface area contributed by atoms with Gasteiger partial charge in [-0.25, -0.2) is 0 Å². The Balaban J connectivity index is 2.84. The minimum Gasteiger partial charge on any atom is -0.481 e. The van der Waals surface area contributed by atoms with Crippen LogP contribution in [0.2, 0.25) is 0 Å². The maximum atomic E-state index is 12.6. The fourth-order valence-corrected chi connectivity index (χ4v) is 1.57. The van der Waals surface area contributed by atoms with Gasteiger partial charge in [0.15, 0.2) is 0 Å². The van der Waals surface area contributed by atoms with Gasteiger partial charge in [0.05, 0.1) is 11.0 Å². The Morgan fingerprint density at radius 3 is 2.38 bits per heavy atom. The molecule has 0 aromatic heterocycles. The Bertz CT molecular complexity index is 543. The second-order valence-corrected chi connectivity index (χ2v) is 4.98. The molecule has 116 valence electrons. The summed E-state index contributed by atoms with van der Waals surface area (Å²) in [6.07, 6.45) is -4.25. The summed E-state index contributed by atoms with van der Waals surface area (Å²) in [4.78, 5) is 22.9. The highest BCUT2D eigenvalue weighted by molar-refractivity contribution is 5.94. The molecule has 2 N–H and O–H groups in total. The zero-order chi connectivity index (χ0) is 16.3. The van der Waals surface area contributed by atoms with Gasteiger partial charge in [-0.05, 0) is 31.5 Å². The minimum absolute atomic E-state index is 0.159. The van der Waals surface area contributed by atoms with E-state index in [1.165, 1.54) is 13.0 Å². The molecule has 0 radical (unpaired) electrons. The first-order valence-electron chi connectivity index (χ1n) is 6.29. The normalized spacial score (nSPS) is 14.3. The summed E-state index contributed by atoms with van der Waals surface area (Å²) in [6.45, 7) is 2.96. The molecule has 1 aromatic carbocycles. The van der Waals surface area contributed by atoms with E-state index in [1.807, 2.05) is 0 Å². The van der Waals surface area contributed by atoms with Crippen LogP contribution in [0.4, 0.5) is 13.2 Å². The monoisotopic (exact) mass is 303 g/mol. The summed E-state index contributed by atoms with van der Waals surface area (Å²) in [7, 11) is 0. The number of benzene rings is 1. The Morgan fingerprint density at radius 2 is 1.90 bits per heavy atom. The number of rotatable bonds is 5. The predicted octanol–water partition coefficient (Wildman–Crippen LogP) is 2.94. The number of nitrogens with one attached hydrogen (secondary N) is 1. The van der Waals surface area contributed by atoms with E-state index in [-0.39, 0.29) is 18.5 Å². The summed E-state index contributed by atoms with van der Waals surface area (Å²) < 4.78 is 37.7. The first kappa shape index (κ1) is 17.0. The van der Waals surface area contributed by atoms with Crippen molar-refractivity contribution in [2.45, 2.75) is 26.4 Å². The van der Waals surface area contributed by atoms with Gasteiger partial charge in [-0.2, -0.15) is 13.2 Å². The van der Waals surface area contributed by atoms with Crippen molar-refractivity contribution in [1.82, 2.24) is 5.32 Å². The molecule has 0 aliphatic rings. The van der Waals surface area contributed by atoms with Crippen LogP contribution in [0.5, 0.6) is 0 Å². The van der Waals surface area contributed by atoms with E-state index in [0.717, 1.165) is 18.2 Å². The lowest BCUT2D eigenvalue weighted by atomic mass is 9.87. The van der Waals surface area contributed by atoms with Gasteiger partial charge in [-0.15, -0.1) is 0 Å². The molecular weight excluding hydrogens is 287 g/mol. The fraction of sp³-hybridized carbons (Fsp3) is 0.429. The van der Waals surface area contributed by atoms with Crippen LogP contribution in [0.1, 0.15) is 36.2 Å². The lowest BCUT2D eigenvalue weighted by Crippen LogP contribution is -2.40. The maximum absolute atomic E-state index is 12.6. The highest BCUT2D eigenvalue weighted by Gasteiger charge is 2.33. The number of alkyl halides is 3. The molecule has 0 bridgehead atoms. The molecule has 0 saturated heterocycles. The first-order chi connectivity index (χ1) is 9.60. The van der Waals surface area contributed by atoms with Crippen LogP contribution in [0.15, 0.2) is 24.3 Å². The Morgan fingerprint density at radius 1 is 1.29 bits per heavy atom. The highest BCUT2D eigenvalue weighted by Crippen LogP contribution is 2.29. The topological polar surface area (TPSA) is 66.4 Å². The van der Waals surface area contributed by atoms with E-state index in [0.29, 0.717) is 0 Å². The predicted molar refractivity (Wildman–Crippen MR) is 69.8 cm³/mol. The quantitative estimate of drug-likeness (QED) is 0.879. The van der Waals surface area contributed by atoms with Gasteiger partial charge in [-0.3, -0.25) is 9.59 Å². The lowest BCUT2D eigenvalue weighted by Gasteiger charge is -2.23.